The Morgan fingerprint density at radius 3 is 2.58 bits per heavy atom. The molecular weight excluding hydrogens is 438 g/mol. The zero-order valence-electron chi connectivity index (χ0n) is 18.6. The fourth-order valence-electron chi connectivity index (χ4n) is 3.90. The molecule has 1 aliphatic rings. The first-order valence-electron chi connectivity index (χ1n) is 10.9. The number of ether oxygens (including phenoxy) is 1. The Labute approximate surface area is 196 Å². The minimum atomic E-state index is -0.0713. The molecule has 5 rings (SSSR count). The Kier molecular flexibility index (Phi) is 6.00. The van der Waals surface area contributed by atoms with E-state index in [2.05, 4.69) is 9.88 Å². The second kappa shape index (κ2) is 9.23. The van der Waals surface area contributed by atoms with Crippen molar-refractivity contribution in [2.75, 3.05) is 38.2 Å². The van der Waals surface area contributed by atoms with Crippen LogP contribution in [-0.4, -0.2) is 49.1 Å². The quantitative estimate of drug-likeness (QED) is 0.373. The van der Waals surface area contributed by atoms with Crippen LogP contribution in [0.1, 0.15) is 21.9 Å². The normalized spacial score (nSPS) is 14.1. The van der Waals surface area contributed by atoms with Crippen molar-refractivity contribution in [3.8, 4) is 5.75 Å². The number of hydrogen-bond acceptors (Lipinski definition) is 7. The van der Waals surface area contributed by atoms with Crippen LogP contribution in [0.2, 0.25) is 0 Å². The van der Waals surface area contributed by atoms with E-state index in [1.165, 1.54) is 11.8 Å². The predicted octanol–water partition coefficient (Wildman–Crippen LogP) is 4.99. The molecule has 1 aliphatic heterocycles. The van der Waals surface area contributed by atoms with Gasteiger partial charge < -0.3 is 23.4 Å². The molecule has 1 amide bonds. The third-order valence-corrected chi connectivity index (χ3v) is 6.59. The molecule has 33 heavy (non-hydrogen) atoms. The Hall–Kier alpha value is -3.39. The van der Waals surface area contributed by atoms with E-state index in [4.69, 9.17) is 13.6 Å². The minimum absolute atomic E-state index is 0.0713. The van der Waals surface area contributed by atoms with Gasteiger partial charge in [-0.1, -0.05) is 17.8 Å². The number of aryl methyl sites for hydroxylation is 1. The number of anilines is 1. The van der Waals surface area contributed by atoms with E-state index in [9.17, 15) is 4.79 Å². The second-order valence-corrected chi connectivity index (χ2v) is 8.91. The highest BCUT2D eigenvalue weighted by Crippen LogP contribution is 2.28. The predicted molar refractivity (Wildman–Crippen MR) is 128 cm³/mol. The van der Waals surface area contributed by atoms with Crippen molar-refractivity contribution in [3.05, 3.63) is 71.7 Å². The van der Waals surface area contributed by atoms with E-state index < -0.39 is 0 Å². The van der Waals surface area contributed by atoms with Crippen LogP contribution in [0.15, 0.2) is 68.7 Å². The molecule has 0 bridgehead atoms. The summed E-state index contributed by atoms with van der Waals surface area (Å²) < 4.78 is 16.8. The maximum Gasteiger partial charge on any atom is 0.289 e. The summed E-state index contributed by atoms with van der Waals surface area (Å²) in [5, 5.41) is 0.592. The molecule has 1 fully saturated rings. The summed E-state index contributed by atoms with van der Waals surface area (Å²) in [5.74, 6) is 2.41. The highest BCUT2D eigenvalue weighted by molar-refractivity contribution is 7.98. The van der Waals surface area contributed by atoms with Crippen LogP contribution in [0.4, 0.5) is 5.69 Å². The number of nitrogens with zero attached hydrogens (tertiary/aromatic N) is 3. The van der Waals surface area contributed by atoms with Gasteiger partial charge in [0.05, 0.1) is 12.9 Å². The summed E-state index contributed by atoms with van der Waals surface area (Å²) in [4.78, 5) is 21.6. The fraction of sp³-hybridized carbons (Fsp3) is 0.280. The molecule has 8 heteroatoms. The van der Waals surface area contributed by atoms with Gasteiger partial charge in [-0.15, -0.1) is 0 Å². The highest BCUT2D eigenvalue weighted by atomic mass is 32.2. The van der Waals surface area contributed by atoms with Crippen LogP contribution in [0.3, 0.4) is 0 Å². The molecule has 2 aromatic carbocycles. The van der Waals surface area contributed by atoms with Crippen molar-refractivity contribution >= 4 is 34.5 Å². The Bertz CT molecular complexity index is 1260. The molecule has 3 heterocycles. The molecule has 2 aromatic heterocycles. The van der Waals surface area contributed by atoms with Crippen molar-refractivity contribution in [1.29, 1.82) is 0 Å². The zero-order chi connectivity index (χ0) is 22.8. The maximum atomic E-state index is 12.9. The first-order valence-corrected chi connectivity index (χ1v) is 11.8. The van der Waals surface area contributed by atoms with Crippen molar-refractivity contribution in [3.63, 3.8) is 0 Å². The number of furan rings is 1. The number of thioether (sulfide) groups is 1. The van der Waals surface area contributed by atoms with Gasteiger partial charge in [0.2, 0.25) is 0 Å². The smallest absolute Gasteiger partial charge is 0.289 e. The van der Waals surface area contributed by atoms with Gasteiger partial charge in [0, 0.05) is 31.9 Å². The van der Waals surface area contributed by atoms with E-state index in [0.717, 1.165) is 46.9 Å². The second-order valence-electron chi connectivity index (χ2n) is 7.98. The molecule has 0 aliphatic carbocycles. The van der Waals surface area contributed by atoms with Gasteiger partial charge in [-0.05, 0) is 61.0 Å². The van der Waals surface area contributed by atoms with Crippen LogP contribution in [-0.2, 0) is 5.75 Å². The average Bonchev–Trinajstić information content (AvgIpc) is 3.49. The lowest BCUT2D eigenvalue weighted by atomic mass is 10.2. The van der Waals surface area contributed by atoms with Crippen LogP contribution < -0.4 is 9.64 Å². The number of aromatic nitrogens is 1. The topological polar surface area (TPSA) is 72.0 Å². The number of carbonyl (C=O) groups is 1. The Morgan fingerprint density at radius 1 is 1.03 bits per heavy atom. The Balaban J connectivity index is 1.16. The third kappa shape index (κ3) is 4.71. The minimum Gasteiger partial charge on any atom is -0.497 e. The van der Waals surface area contributed by atoms with E-state index in [0.29, 0.717) is 29.8 Å². The summed E-state index contributed by atoms with van der Waals surface area (Å²) in [6, 6.07) is 17.5. The molecule has 170 valence electrons. The van der Waals surface area contributed by atoms with Crippen molar-refractivity contribution < 1.29 is 18.4 Å². The summed E-state index contributed by atoms with van der Waals surface area (Å²) in [7, 11) is 1.66. The zero-order valence-corrected chi connectivity index (χ0v) is 19.4. The molecule has 0 unspecified atom stereocenters. The number of fused-ring (bicyclic) bond motifs is 1. The maximum absolute atomic E-state index is 12.9. The van der Waals surface area contributed by atoms with Gasteiger partial charge in [-0.2, -0.15) is 0 Å². The lowest BCUT2D eigenvalue weighted by Crippen LogP contribution is -2.48. The van der Waals surface area contributed by atoms with Crippen molar-refractivity contribution in [2.24, 2.45) is 0 Å². The standard InChI is InChI=1S/C25H25N3O4S/c1-17-3-9-22-21(15-17)26-25(32-22)33-16-20-8-10-23(31-20)24(29)28-13-11-27(12-14-28)18-4-6-19(30-2)7-5-18/h3-10,15H,11-14,16H2,1-2H3. The van der Waals surface area contributed by atoms with Gasteiger partial charge in [-0.25, -0.2) is 4.98 Å². The number of benzene rings is 2. The third-order valence-electron chi connectivity index (χ3n) is 5.74. The SMILES string of the molecule is COc1ccc(N2CCN(C(=O)c3ccc(CSc4nc5cc(C)ccc5o4)o3)CC2)cc1. The Morgan fingerprint density at radius 2 is 1.82 bits per heavy atom. The van der Waals surface area contributed by atoms with Gasteiger partial charge in [0.1, 0.15) is 17.0 Å². The van der Waals surface area contributed by atoms with E-state index in [1.807, 2.05) is 60.4 Å². The van der Waals surface area contributed by atoms with Crippen molar-refractivity contribution in [2.45, 2.75) is 17.9 Å². The number of amides is 1. The number of piperazine rings is 1. The molecule has 0 saturated carbocycles. The van der Waals surface area contributed by atoms with Crippen LogP contribution in [0, 0.1) is 6.92 Å². The number of oxazole rings is 1. The van der Waals surface area contributed by atoms with Gasteiger partial charge in [0.15, 0.2) is 11.3 Å². The monoisotopic (exact) mass is 463 g/mol. The highest BCUT2D eigenvalue weighted by Gasteiger charge is 2.24. The number of methoxy groups -OCH3 is 1. The fourth-order valence-corrected chi connectivity index (χ4v) is 4.63. The molecule has 0 N–H and O–H groups in total. The summed E-state index contributed by atoms with van der Waals surface area (Å²) in [5.41, 5.74) is 3.90. The number of carbonyl (C=O) groups excluding carboxylic acids is 1. The van der Waals surface area contributed by atoms with Gasteiger partial charge in [-0.3, -0.25) is 4.79 Å². The van der Waals surface area contributed by atoms with Crippen molar-refractivity contribution in [1.82, 2.24) is 9.88 Å². The van der Waals surface area contributed by atoms with Gasteiger partial charge in [0.25, 0.3) is 11.1 Å². The lowest BCUT2D eigenvalue weighted by Gasteiger charge is -2.35. The van der Waals surface area contributed by atoms with E-state index >= 15 is 0 Å². The number of hydrogen-bond donors (Lipinski definition) is 0. The molecule has 1 saturated heterocycles. The average molecular weight is 464 g/mol. The van der Waals surface area contributed by atoms with Crippen LogP contribution in [0.25, 0.3) is 11.1 Å². The van der Waals surface area contributed by atoms with Crippen LogP contribution >= 0.6 is 11.8 Å². The molecule has 7 nitrogen and oxygen atoms in total. The molecule has 4 aromatic rings. The lowest BCUT2D eigenvalue weighted by molar-refractivity contribution is 0.0713. The van der Waals surface area contributed by atoms with E-state index in [-0.39, 0.29) is 5.91 Å². The molecule has 0 atom stereocenters. The molecule has 0 spiro atoms. The molecule has 0 radical (unpaired) electrons. The first-order chi connectivity index (χ1) is 16.1. The first kappa shape index (κ1) is 21.5. The van der Waals surface area contributed by atoms with Gasteiger partial charge >= 0.3 is 0 Å². The largest absolute Gasteiger partial charge is 0.497 e. The van der Waals surface area contributed by atoms with Crippen LogP contribution in [0.5, 0.6) is 5.75 Å². The summed E-state index contributed by atoms with van der Waals surface area (Å²) in [6.45, 7) is 4.88. The van der Waals surface area contributed by atoms with E-state index in [1.54, 1.807) is 13.2 Å². The summed E-state index contributed by atoms with van der Waals surface area (Å²) in [6.07, 6.45) is 0. The summed E-state index contributed by atoms with van der Waals surface area (Å²) >= 11 is 1.45. The number of rotatable bonds is 6. The molecular formula is C25H25N3O4S.